The van der Waals surface area contributed by atoms with Crippen molar-refractivity contribution in [3.63, 3.8) is 0 Å². The first-order valence-electron chi connectivity index (χ1n) is 6.06. The highest BCUT2D eigenvalue weighted by Gasteiger charge is 2.11. The molecule has 0 atom stereocenters. The molecule has 0 aliphatic heterocycles. The average molecular weight is 272 g/mol. The second-order valence-corrected chi connectivity index (χ2v) is 4.36. The second-order valence-electron chi connectivity index (χ2n) is 4.36. The summed E-state index contributed by atoms with van der Waals surface area (Å²) in [7, 11) is 1.46. The lowest BCUT2D eigenvalue weighted by Crippen LogP contribution is -2.14. The van der Waals surface area contributed by atoms with Crippen LogP contribution in [0, 0.1) is 6.92 Å². The third-order valence-corrected chi connectivity index (χ3v) is 3.06. The summed E-state index contributed by atoms with van der Waals surface area (Å²) in [4.78, 5) is 12.2. The number of aromatic hydroxyl groups is 1. The Balaban J connectivity index is 2.24. The molecule has 5 nitrogen and oxygen atoms in total. The van der Waals surface area contributed by atoms with Crippen LogP contribution in [0.15, 0.2) is 36.4 Å². The third kappa shape index (κ3) is 2.66. The van der Waals surface area contributed by atoms with E-state index < -0.39 is 0 Å². The van der Waals surface area contributed by atoms with Crippen molar-refractivity contribution in [2.24, 2.45) is 0 Å². The molecule has 2 aromatic carbocycles. The van der Waals surface area contributed by atoms with Gasteiger partial charge in [-0.05, 0) is 36.8 Å². The molecule has 4 N–H and O–H groups in total. The van der Waals surface area contributed by atoms with Crippen LogP contribution in [0.4, 0.5) is 11.4 Å². The van der Waals surface area contributed by atoms with Crippen LogP contribution in [0.2, 0.25) is 0 Å². The molecule has 5 heteroatoms. The summed E-state index contributed by atoms with van der Waals surface area (Å²) >= 11 is 0. The highest BCUT2D eigenvalue weighted by atomic mass is 16.5. The largest absolute Gasteiger partial charge is 0.504 e. The molecule has 2 rings (SSSR count). The monoisotopic (exact) mass is 272 g/mol. The summed E-state index contributed by atoms with van der Waals surface area (Å²) in [6.07, 6.45) is 0. The Kier molecular flexibility index (Phi) is 3.79. The number of carbonyl (C=O) groups is 1. The van der Waals surface area contributed by atoms with Crippen LogP contribution in [-0.4, -0.2) is 18.1 Å². The highest BCUT2D eigenvalue weighted by molar-refractivity contribution is 6.06. The number of rotatable bonds is 3. The van der Waals surface area contributed by atoms with Crippen LogP contribution in [0.5, 0.6) is 11.5 Å². The Morgan fingerprint density at radius 1 is 1.30 bits per heavy atom. The second kappa shape index (κ2) is 5.52. The molecule has 104 valence electrons. The molecule has 0 saturated carbocycles. The SMILES string of the molecule is COc1ccc(NC(=O)c2cccc(N)c2C)cc1O. The first-order chi connectivity index (χ1) is 9.52. The molecular formula is C15H16N2O3. The number of nitrogen functional groups attached to an aromatic ring is 1. The van der Waals surface area contributed by atoms with Crippen LogP contribution in [0.1, 0.15) is 15.9 Å². The van der Waals surface area contributed by atoms with Gasteiger partial charge in [0.2, 0.25) is 0 Å². The topological polar surface area (TPSA) is 84.6 Å². The van der Waals surface area contributed by atoms with Gasteiger partial charge < -0.3 is 20.9 Å². The molecule has 0 fully saturated rings. The Morgan fingerprint density at radius 2 is 2.05 bits per heavy atom. The molecule has 0 aliphatic rings. The number of methoxy groups -OCH3 is 1. The summed E-state index contributed by atoms with van der Waals surface area (Å²) in [5.74, 6) is 0.0390. The fourth-order valence-electron chi connectivity index (χ4n) is 1.87. The quantitative estimate of drug-likeness (QED) is 0.750. The van der Waals surface area contributed by atoms with E-state index in [0.29, 0.717) is 22.7 Å². The standard InChI is InChI=1S/C15H16N2O3/c1-9-11(4-3-5-12(9)16)15(19)17-10-6-7-14(20-2)13(18)8-10/h3-8,18H,16H2,1-2H3,(H,17,19). The fourth-order valence-corrected chi connectivity index (χ4v) is 1.87. The summed E-state index contributed by atoms with van der Waals surface area (Å²) in [5.41, 5.74) is 8.05. The van der Waals surface area contributed by atoms with Crippen LogP contribution < -0.4 is 15.8 Å². The molecule has 0 unspecified atom stereocenters. The summed E-state index contributed by atoms with van der Waals surface area (Å²) in [6.45, 7) is 1.79. The highest BCUT2D eigenvalue weighted by Crippen LogP contribution is 2.29. The molecular weight excluding hydrogens is 256 g/mol. The zero-order chi connectivity index (χ0) is 14.7. The van der Waals surface area contributed by atoms with Crippen LogP contribution in [0.25, 0.3) is 0 Å². The van der Waals surface area contributed by atoms with E-state index in [4.69, 9.17) is 10.5 Å². The number of phenols is 1. The van der Waals surface area contributed by atoms with Gasteiger partial charge in [-0.25, -0.2) is 0 Å². The first kappa shape index (κ1) is 13.7. The minimum absolute atomic E-state index is 0.0328. The Labute approximate surface area is 117 Å². The van der Waals surface area contributed by atoms with Gasteiger partial charge in [0.25, 0.3) is 5.91 Å². The summed E-state index contributed by atoms with van der Waals surface area (Å²) in [6, 6.07) is 9.83. The zero-order valence-corrected chi connectivity index (χ0v) is 11.3. The van der Waals surface area contributed by atoms with E-state index >= 15 is 0 Å². The van der Waals surface area contributed by atoms with Crippen molar-refractivity contribution in [1.82, 2.24) is 0 Å². The van der Waals surface area contributed by atoms with Gasteiger partial charge in [-0.2, -0.15) is 0 Å². The molecule has 0 saturated heterocycles. The number of carbonyl (C=O) groups excluding carboxylic acids is 1. The third-order valence-electron chi connectivity index (χ3n) is 3.06. The number of ether oxygens (including phenoxy) is 1. The molecule has 0 aromatic heterocycles. The van der Waals surface area contributed by atoms with Gasteiger partial charge in [-0.15, -0.1) is 0 Å². The van der Waals surface area contributed by atoms with Gasteiger partial charge in [0.15, 0.2) is 11.5 Å². The lowest BCUT2D eigenvalue weighted by molar-refractivity contribution is 0.102. The lowest BCUT2D eigenvalue weighted by Gasteiger charge is -2.10. The first-order valence-corrected chi connectivity index (χ1v) is 6.06. The van der Waals surface area contributed by atoms with Gasteiger partial charge in [-0.1, -0.05) is 6.07 Å². The molecule has 0 radical (unpaired) electrons. The number of nitrogens with two attached hydrogens (primary N) is 1. The van der Waals surface area contributed by atoms with E-state index in [1.54, 1.807) is 37.3 Å². The van der Waals surface area contributed by atoms with Gasteiger partial charge in [0.1, 0.15) is 0 Å². The van der Waals surface area contributed by atoms with E-state index in [1.807, 2.05) is 0 Å². The number of benzene rings is 2. The predicted molar refractivity (Wildman–Crippen MR) is 78.2 cm³/mol. The van der Waals surface area contributed by atoms with Crippen molar-refractivity contribution < 1.29 is 14.6 Å². The van der Waals surface area contributed by atoms with E-state index in [1.165, 1.54) is 13.2 Å². The fraction of sp³-hybridized carbons (Fsp3) is 0.133. The predicted octanol–water partition coefficient (Wildman–Crippen LogP) is 2.54. The maximum atomic E-state index is 12.2. The maximum absolute atomic E-state index is 12.2. The average Bonchev–Trinajstić information content (AvgIpc) is 2.42. The zero-order valence-electron chi connectivity index (χ0n) is 11.3. The number of amides is 1. The molecule has 0 bridgehead atoms. The lowest BCUT2D eigenvalue weighted by atomic mass is 10.1. The minimum Gasteiger partial charge on any atom is -0.504 e. The Hall–Kier alpha value is -2.69. The number of anilines is 2. The Bertz CT molecular complexity index is 654. The van der Waals surface area contributed by atoms with Crippen molar-refractivity contribution in [2.45, 2.75) is 6.92 Å². The van der Waals surface area contributed by atoms with Gasteiger partial charge in [0, 0.05) is 23.0 Å². The molecule has 0 heterocycles. The summed E-state index contributed by atoms with van der Waals surface area (Å²) in [5, 5.41) is 12.4. The normalized spacial score (nSPS) is 10.1. The van der Waals surface area contributed by atoms with Crippen molar-refractivity contribution in [3.8, 4) is 11.5 Å². The molecule has 2 aromatic rings. The van der Waals surface area contributed by atoms with Crippen LogP contribution in [-0.2, 0) is 0 Å². The Morgan fingerprint density at radius 3 is 2.70 bits per heavy atom. The molecule has 1 amide bonds. The number of hydrogen-bond donors (Lipinski definition) is 3. The molecule has 20 heavy (non-hydrogen) atoms. The number of phenolic OH excluding ortho intramolecular Hbond substituents is 1. The van der Waals surface area contributed by atoms with E-state index in [0.717, 1.165) is 5.56 Å². The van der Waals surface area contributed by atoms with E-state index in [9.17, 15) is 9.90 Å². The van der Waals surface area contributed by atoms with E-state index in [2.05, 4.69) is 5.32 Å². The van der Waals surface area contributed by atoms with Gasteiger partial charge >= 0.3 is 0 Å². The van der Waals surface area contributed by atoms with Crippen LogP contribution in [0.3, 0.4) is 0 Å². The van der Waals surface area contributed by atoms with Crippen LogP contribution >= 0.6 is 0 Å². The maximum Gasteiger partial charge on any atom is 0.256 e. The smallest absolute Gasteiger partial charge is 0.256 e. The minimum atomic E-state index is -0.278. The van der Waals surface area contributed by atoms with Gasteiger partial charge in [-0.3, -0.25) is 4.79 Å². The van der Waals surface area contributed by atoms with Crippen molar-refractivity contribution >= 4 is 17.3 Å². The number of hydrogen-bond acceptors (Lipinski definition) is 4. The van der Waals surface area contributed by atoms with E-state index in [-0.39, 0.29) is 11.7 Å². The molecule has 0 spiro atoms. The van der Waals surface area contributed by atoms with Crippen molar-refractivity contribution in [1.29, 1.82) is 0 Å². The van der Waals surface area contributed by atoms with Crippen molar-refractivity contribution in [2.75, 3.05) is 18.2 Å². The molecule has 0 aliphatic carbocycles. The number of nitrogens with one attached hydrogen (secondary N) is 1. The van der Waals surface area contributed by atoms with Gasteiger partial charge in [0.05, 0.1) is 7.11 Å². The van der Waals surface area contributed by atoms with Crippen molar-refractivity contribution in [3.05, 3.63) is 47.5 Å². The summed E-state index contributed by atoms with van der Waals surface area (Å²) < 4.78 is 4.95.